The lowest BCUT2D eigenvalue weighted by Crippen LogP contribution is -2.09. The van der Waals surface area contributed by atoms with Gasteiger partial charge in [0.2, 0.25) is 5.16 Å². The lowest BCUT2D eigenvalue weighted by molar-refractivity contribution is 0.668. The van der Waals surface area contributed by atoms with Crippen LogP contribution in [0.4, 0.5) is 0 Å². The molecule has 0 radical (unpaired) electrons. The van der Waals surface area contributed by atoms with Crippen LogP contribution in [0.5, 0.6) is 0 Å². The van der Waals surface area contributed by atoms with E-state index in [1.54, 1.807) is 11.8 Å². The van der Waals surface area contributed by atoms with Gasteiger partial charge in [-0.2, -0.15) is 4.68 Å². The molecule has 1 aliphatic rings. The summed E-state index contributed by atoms with van der Waals surface area (Å²) >= 11 is 1.78. The van der Waals surface area contributed by atoms with Gasteiger partial charge in [-0.3, -0.25) is 0 Å². The van der Waals surface area contributed by atoms with Crippen LogP contribution in [0.1, 0.15) is 40.3 Å². The number of rotatable bonds is 3. The summed E-state index contributed by atoms with van der Waals surface area (Å²) in [5.74, 6) is 0. The lowest BCUT2D eigenvalue weighted by Gasteiger charge is -2.24. The summed E-state index contributed by atoms with van der Waals surface area (Å²) in [6.07, 6.45) is 3.57. The van der Waals surface area contributed by atoms with Crippen LogP contribution in [0.25, 0.3) is 5.69 Å². The minimum atomic E-state index is 0.421. The molecule has 24 heavy (non-hydrogen) atoms. The Morgan fingerprint density at radius 1 is 1.08 bits per heavy atom. The number of nitrogens with zero attached hydrogens (tertiary/aromatic N) is 4. The minimum absolute atomic E-state index is 0.421. The van der Waals surface area contributed by atoms with Crippen LogP contribution in [-0.2, 0) is 6.42 Å². The predicted molar refractivity (Wildman–Crippen MR) is 96.6 cm³/mol. The van der Waals surface area contributed by atoms with Crippen molar-refractivity contribution in [2.45, 2.75) is 43.5 Å². The van der Waals surface area contributed by atoms with Crippen molar-refractivity contribution >= 4 is 11.8 Å². The molecule has 0 spiro atoms. The maximum Gasteiger partial charge on any atom is 0.214 e. The summed E-state index contributed by atoms with van der Waals surface area (Å²) in [6.45, 7) is 4.24. The molecule has 1 atom stereocenters. The smallest absolute Gasteiger partial charge is 0.187 e. The van der Waals surface area contributed by atoms with Crippen molar-refractivity contribution in [3.05, 3.63) is 64.7 Å². The molecule has 4 nitrogen and oxygen atoms in total. The molecule has 1 heterocycles. The monoisotopic (exact) mass is 336 g/mol. The van der Waals surface area contributed by atoms with Crippen LogP contribution >= 0.6 is 11.8 Å². The quantitative estimate of drug-likeness (QED) is 0.709. The number of fused-ring (bicyclic) bond motifs is 1. The van der Waals surface area contributed by atoms with E-state index >= 15 is 0 Å². The highest BCUT2D eigenvalue weighted by Crippen LogP contribution is 2.42. The fourth-order valence-electron chi connectivity index (χ4n) is 3.33. The summed E-state index contributed by atoms with van der Waals surface area (Å²) < 4.78 is 1.88. The Morgan fingerprint density at radius 3 is 2.88 bits per heavy atom. The van der Waals surface area contributed by atoms with Crippen LogP contribution in [-0.4, -0.2) is 20.2 Å². The average Bonchev–Trinajstić information content (AvgIpc) is 3.06. The molecule has 0 bridgehead atoms. The Hall–Kier alpha value is -2.14. The van der Waals surface area contributed by atoms with Gasteiger partial charge in [0.15, 0.2) is 0 Å². The van der Waals surface area contributed by atoms with E-state index in [4.69, 9.17) is 0 Å². The Bertz CT molecular complexity index is 871. The molecule has 0 amide bonds. The SMILES string of the molecule is Cc1cccc(-n2nnnc2SC2CCCc3ccccc32)c1C. The van der Waals surface area contributed by atoms with Crippen molar-refractivity contribution < 1.29 is 0 Å². The van der Waals surface area contributed by atoms with E-state index in [2.05, 4.69) is 71.8 Å². The van der Waals surface area contributed by atoms with Crippen LogP contribution in [0.2, 0.25) is 0 Å². The van der Waals surface area contributed by atoms with Crippen molar-refractivity contribution in [3.63, 3.8) is 0 Å². The van der Waals surface area contributed by atoms with Gasteiger partial charge >= 0.3 is 0 Å². The van der Waals surface area contributed by atoms with Crippen LogP contribution in [0.3, 0.4) is 0 Å². The standard InChI is InChI=1S/C19H20N4S/c1-13-7-5-11-17(14(13)2)23-19(20-21-22-23)24-18-12-6-9-15-8-3-4-10-16(15)18/h3-5,7-8,10-11,18H,6,9,12H2,1-2H3. The second kappa shape index (κ2) is 6.40. The van der Waals surface area contributed by atoms with E-state index in [1.165, 1.54) is 41.5 Å². The van der Waals surface area contributed by atoms with Crippen molar-refractivity contribution in [1.29, 1.82) is 0 Å². The molecule has 1 aliphatic carbocycles. The number of benzene rings is 2. The average molecular weight is 336 g/mol. The topological polar surface area (TPSA) is 43.6 Å². The fourth-order valence-corrected chi connectivity index (χ4v) is 4.54. The molecule has 0 saturated carbocycles. The van der Waals surface area contributed by atoms with Gasteiger partial charge in [0.05, 0.1) is 5.69 Å². The Morgan fingerprint density at radius 2 is 1.96 bits per heavy atom. The number of aromatic nitrogens is 4. The Balaban J connectivity index is 1.69. The third-order valence-corrected chi connectivity index (χ3v) is 6.05. The number of aryl methyl sites for hydroxylation is 2. The van der Waals surface area contributed by atoms with Crippen molar-refractivity contribution in [2.24, 2.45) is 0 Å². The highest BCUT2D eigenvalue weighted by molar-refractivity contribution is 7.99. The molecule has 0 aliphatic heterocycles. The first-order valence-corrected chi connectivity index (χ1v) is 9.21. The Kier molecular flexibility index (Phi) is 4.10. The van der Waals surface area contributed by atoms with Crippen molar-refractivity contribution in [2.75, 3.05) is 0 Å². The third kappa shape index (κ3) is 2.73. The largest absolute Gasteiger partial charge is 0.214 e. The second-order valence-electron chi connectivity index (χ2n) is 6.29. The summed E-state index contributed by atoms with van der Waals surface area (Å²) in [5, 5.41) is 13.8. The third-order valence-electron chi connectivity index (χ3n) is 4.81. The molecule has 1 aromatic heterocycles. The molecular formula is C19H20N4S. The van der Waals surface area contributed by atoms with Crippen molar-refractivity contribution in [1.82, 2.24) is 20.2 Å². The van der Waals surface area contributed by atoms with Crippen molar-refractivity contribution in [3.8, 4) is 5.69 Å². The molecule has 0 fully saturated rings. The van der Waals surface area contributed by atoms with E-state index in [-0.39, 0.29) is 0 Å². The first-order valence-electron chi connectivity index (χ1n) is 8.33. The van der Waals surface area contributed by atoms with E-state index in [0.717, 1.165) is 10.8 Å². The van der Waals surface area contributed by atoms with Gasteiger partial charge in [-0.05, 0) is 71.9 Å². The van der Waals surface area contributed by atoms with Gasteiger partial charge in [-0.25, -0.2) is 0 Å². The van der Waals surface area contributed by atoms with E-state index in [0.29, 0.717) is 5.25 Å². The second-order valence-corrected chi connectivity index (χ2v) is 7.46. The van der Waals surface area contributed by atoms with Crippen LogP contribution in [0, 0.1) is 13.8 Å². The van der Waals surface area contributed by atoms with Gasteiger partial charge in [0.25, 0.3) is 0 Å². The highest BCUT2D eigenvalue weighted by atomic mass is 32.2. The maximum atomic E-state index is 4.30. The van der Waals surface area contributed by atoms with Crippen LogP contribution in [0.15, 0.2) is 47.6 Å². The molecule has 1 unspecified atom stereocenters. The zero-order chi connectivity index (χ0) is 16.5. The first-order chi connectivity index (χ1) is 11.7. The highest BCUT2D eigenvalue weighted by Gasteiger charge is 2.24. The zero-order valence-corrected chi connectivity index (χ0v) is 14.8. The van der Waals surface area contributed by atoms with Gasteiger partial charge in [0.1, 0.15) is 0 Å². The number of tetrazole rings is 1. The molecule has 0 N–H and O–H groups in total. The molecule has 3 aromatic rings. The molecule has 0 saturated heterocycles. The summed E-state index contributed by atoms with van der Waals surface area (Å²) in [4.78, 5) is 0. The maximum absolute atomic E-state index is 4.30. The molecule has 4 rings (SSSR count). The van der Waals surface area contributed by atoms with E-state index in [1.807, 2.05) is 4.68 Å². The van der Waals surface area contributed by atoms with Crippen LogP contribution < -0.4 is 0 Å². The van der Waals surface area contributed by atoms with Gasteiger partial charge in [0, 0.05) is 5.25 Å². The minimum Gasteiger partial charge on any atom is -0.187 e. The molecule has 2 aromatic carbocycles. The first kappa shape index (κ1) is 15.4. The summed E-state index contributed by atoms with van der Waals surface area (Å²) in [7, 11) is 0. The zero-order valence-electron chi connectivity index (χ0n) is 13.9. The van der Waals surface area contributed by atoms with Gasteiger partial charge in [-0.1, -0.05) is 48.2 Å². The van der Waals surface area contributed by atoms with Gasteiger partial charge < -0.3 is 0 Å². The molecule has 5 heteroatoms. The number of hydrogen-bond acceptors (Lipinski definition) is 4. The Labute approximate surface area is 146 Å². The number of thioether (sulfide) groups is 1. The molecule has 122 valence electrons. The summed E-state index contributed by atoms with van der Waals surface area (Å²) in [5.41, 5.74) is 6.43. The lowest BCUT2D eigenvalue weighted by atomic mass is 9.91. The molecular weight excluding hydrogens is 316 g/mol. The fraction of sp³-hybridized carbons (Fsp3) is 0.316. The van der Waals surface area contributed by atoms with E-state index < -0.39 is 0 Å². The predicted octanol–water partition coefficient (Wildman–Crippen LogP) is 4.45. The summed E-state index contributed by atoms with van der Waals surface area (Å²) in [6, 6.07) is 15.0. The normalized spacial score (nSPS) is 16.8. The number of hydrogen-bond donors (Lipinski definition) is 0. The van der Waals surface area contributed by atoms with Gasteiger partial charge in [-0.15, -0.1) is 5.10 Å². The van der Waals surface area contributed by atoms with E-state index in [9.17, 15) is 0 Å².